The second-order valence-electron chi connectivity index (χ2n) is 5.87. The fraction of sp³-hybridized carbons (Fsp3) is 0.471. The zero-order valence-electron chi connectivity index (χ0n) is 14.1. The van der Waals surface area contributed by atoms with Gasteiger partial charge in [-0.05, 0) is 46.2 Å². The van der Waals surface area contributed by atoms with Gasteiger partial charge in [-0.25, -0.2) is 9.98 Å². The predicted molar refractivity (Wildman–Crippen MR) is 101 cm³/mol. The summed E-state index contributed by atoms with van der Waals surface area (Å²) in [6, 6.07) is 2.76. The molecule has 0 amide bonds. The van der Waals surface area contributed by atoms with Gasteiger partial charge in [0.1, 0.15) is 17.8 Å². The number of carbonyl (C=O) groups excluding carboxylic acids is 1. The van der Waals surface area contributed by atoms with E-state index in [1.807, 2.05) is 0 Å². The van der Waals surface area contributed by atoms with E-state index in [1.165, 1.54) is 0 Å². The highest BCUT2D eigenvalue weighted by Gasteiger charge is 2.31. The van der Waals surface area contributed by atoms with Crippen LogP contribution in [0.3, 0.4) is 0 Å². The van der Waals surface area contributed by atoms with Gasteiger partial charge in [-0.2, -0.15) is 0 Å². The van der Waals surface area contributed by atoms with E-state index in [0.717, 1.165) is 9.13 Å². The molecular weight excluding hydrogens is 423 g/mol. The number of rotatable bonds is 4. The van der Waals surface area contributed by atoms with Crippen molar-refractivity contribution in [2.75, 3.05) is 14.2 Å². The Morgan fingerprint density at radius 1 is 1.25 bits per heavy atom. The molecule has 0 saturated carbocycles. The molecule has 130 valence electrons. The first kappa shape index (κ1) is 18.7. The van der Waals surface area contributed by atoms with E-state index in [2.05, 4.69) is 46.4 Å². The van der Waals surface area contributed by atoms with Crippen molar-refractivity contribution in [3.8, 4) is 5.75 Å². The number of phenols is 1. The van der Waals surface area contributed by atoms with Gasteiger partial charge in [-0.1, -0.05) is 13.8 Å². The number of nitrogens with zero attached hydrogens (tertiary/aromatic N) is 2. The zero-order valence-corrected chi connectivity index (χ0v) is 16.3. The van der Waals surface area contributed by atoms with Gasteiger partial charge in [-0.15, -0.1) is 0 Å². The normalized spacial score (nSPS) is 20.4. The standard InChI is InChI=1S/C17H21IN2O4/c1-9(2)15-17(24-4)19-13(16(20-15)23-3)6-10-5-11(8-21)14(22)7-12(10)18/h5,7-9,13,15,22H,6H2,1-4H3/t13-,15+/m1/s1. The Balaban J connectivity index is 2.36. The molecule has 0 radical (unpaired) electrons. The number of aliphatic imine (C=N–C) groups is 2. The summed E-state index contributed by atoms with van der Waals surface area (Å²) in [4.78, 5) is 20.4. The summed E-state index contributed by atoms with van der Waals surface area (Å²) < 4.78 is 11.7. The number of aromatic hydroxyl groups is 1. The third kappa shape index (κ3) is 3.88. The number of hydrogen-bond acceptors (Lipinski definition) is 6. The first-order valence-corrected chi connectivity index (χ1v) is 8.69. The van der Waals surface area contributed by atoms with Crippen LogP contribution in [0.25, 0.3) is 0 Å². The Bertz CT molecular complexity index is 685. The van der Waals surface area contributed by atoms with Crippen molar-refractivity contribution < 1.29 is 19.4 Å². The van der Waals surface area contributed by atoms with Crippen LogP contribution in [0.2, 0.25) is 0 Å². The second kappa shape index (κ2) is 7.96. The van der Waals surface area contributed by atoms with Crippen LogP contribution in [0.1, 0.15) is 29.8 Å². The van der Waals surface area contributed by atoms with Crippen molar-refractivity contribution in [3.05, 3.63) is 26.8 Å². The van der Waals surface area contributed by atoms with Crippen LogP contribution < -0.4 is 0 Å². The quantitative estimate of drug-likeness (QED) is 0.572. The van der Waals surface area contributed by atoms with Crippen molar-refractivity contribution in [3.63, 3.8) is 0 Å². The third-order valence-corrected chi connectivity index (χ3v) is 4.88. The van der Waals surface area contributed by atoms with Gasteiger partial charge >= 0.3 is 0 Å². The van der Waals surface area contributed by atoms with Crippen LogP contribution in [0, 0.1) is 9.49 Å². The van der Waals surface area contributed by atoms with Crippen LogP contribution in [-0.2, 0) is 15.9 Å². The molecule has 6 nitrogen and oxygen atoms in total. The van der Waals surface area contributed by atoms with Crippen molar-refractivity contribution >= 4 is 40.7 Å². The molecule has 0 spiro atoms. The first-order valence-electron chi connectivity index (χ1n) is 7.61. The summed E-state index contributed by atoms with van der Waals surface area (Å²) in [5.74, 6) is 1.35. The Labute approximate surface area is 155 Å². The van der Waals surface area contributed by atoms with Crippen molar-refractivity contribution in [2.24, 2.45) is 15.9 Å². The lowest BCUT2D eigenvalue weighted by atomic mass is 9.99. The van der Waals surface area contributed by atoms with Gasteiger partial charge in [0.15, 0.2) is 6.29 Å². The molecule has 1 heterocycles. The van der Waals surface area contributed by atoms with Crippen LogP contribution in [0.15, 0.2) is 22.1 Å². The molecule has 7 heteroatoms. The number of aldehydes is 1. The number of halogens is 1. The van der Waals surface area contributed by atoms with Gasteiger partial charge in [0.25, 0.3) is 0 Å². The lowest BCUT2D eigenvalue weighted by Gasteiger charge is -2.27. The predicted octanol–water partition coefficient (Wildman–Crippen LogP) is 2.85. The van der Waals surface area contributed by atoms with Crippen molar-refractivity contribution in [2.45, 2.75) is 32.4 Å². The summed E-state index contributed by atoms with van der Waals surface area (Å²) in [5, 5.41) is 9.76. The largest absolute Gasteiger partial charge is 0.507 e. The fourth-order valence-corrected chi connectivity index (χ4v) is 3.25. The molecule has 0 fully saturated rings. The summed E-state index contributed by atoms with van der Waals surface area (Å²) in [5.41, 5.74) is 1.15. The zero-order chi connectivity index (χ0) is 17.9. The van der Waals surface area contributed by atoms with E-state index in [9.17, 15) is 9.90 Å². The van der Waals surface area contributed by atoms with E-state index in [4.69, 9.17) is 9.47 Å². The van der Waals surface area contributed by atoms with Crippen LogP contribution in [0.5, 0.6) is 5.75 Å². The maximum absolute atomic E-state index is 11.1. The van der Waals surface area contributed by atoms with Gasteiger partial charge < -0.3 is 14.6 Å². The molecule has 2 rings (SSSR count). The maximum atomic E-state index is 11.1. The molecule has 0 unspecified atom stereocenters. The molecule has 0 aliphatic carbocycles. The average Bonchev–Trinajstić information content (AvgIpc) is 2.56. The molecular formula is C17H21IN2O4. The minimum absolute atomic E-state index is 0.0246. The topological polar surface area (TPSA) is 80.5 Å². The van der Waals surface area contributed by atoms with Crippen LogP contribution in [0.4, 0.5) is 0 Å². The first-order chi connectivity index (χ1) is 11.4. The minimum Gasteiger partial charge on any atom is -0.507 e. The number of carbonyl (C=O) groups is 1. The molecule has 2 atom stereocenters. The average molecular weight is 444 g/mol. The Hall–Kier alpha value is -1.64. The van der Waals surface area contributed by atoms with Gasteiger partial charge in [0, 0.05) is 9.99 Å². The molecule has 1 aromatic carbocycles. The van der Waals surface area contributed by atoms with Crippen molar-refractivity contribution in [1.29, 1.82) is 0 Å². The van der Waals surface area contributed by atoms with E-state index in [-0.39, 0.29) is 29.3 Å². The fourth-order valence-electron chi connectivity index (χ4n) is 2.58. The summed E-state index contributed by atoms with van der Waals surface area (Å²) in [7, 11) is 3.17. The highest BCUT2D eigenvalue weighted by Crippen LogP contribution is 2.26. The second-order valence-corrected chi connectivity index (χ2v) is 7.03. The smallest absolute Gasteiger partial charge is 0.209 e. The van der Waals surface area contributed by atoms with E-state index < -0.39 is 0 Å². The Morgan fingerprint density at radius 2 is 1.92 bits per heavy atom. The molecule has 1 aliphatic rings. The Kier molecular flexibility index (Phi) is 6.20. The SMILES string of the molecule is COC1=N[C@H](Cc2cc(C=O)c(O)cc2I)C(OC)=N[C@H]1C(C)C. The molecule has 24 heavy (non-hydrogen) atoms. The van der Waals surface area contributed by atoms with Gasteiger partial charge in [0.05, 0.1) is 19.8 Å². The van der Waals surface area contributed by atoms with E-state index in [1.54, 1.807) is 26.4 Å². The maximum Gasteiger partial charge on any atom is 0.209 e. The highest BCUT2D eigenvalue weighted by molar-refractivity contribution is 14.1. The Morgan fingerprint density at radius 3 is 2.46 bits per heavy atom. The molecule has 0 aromatic heterocycles. The van der Waals surface area contributed by atoms with Gasteiger partial charge in [-0.3, -0.25) is 4.79 Å². The van der Waals surface area contributed by atoms with E-state index >= 15 is 0 Å². The number of hydrogen-bond donors (Lipinski definition) is 1. The lowest BCUT2D eigenvalue weighted by molar-refractivity contribution is 0.112. The molecule has 0 saturated heterocycles. The number of methoxy groups -OCH3 is 2. The van der Waals surface area contributed by atoms with Crippen LogP contribution >= 0.6 is 22.6 Å². The van der Waals surface area contributed by atoms with Crippen LogP contribution in [-0.4, -0.2) is 49.5 Å². The molecule has 0 bridgehead atoms. The number of ether oxygens (including phenoxy) is 2. The third-order valence-electron chi connectivity index (χ3n) is 3.87. The van der Waals surface area contributed by atoms with Gasteiger partial charge in [0.2, 0.25) is 11.8 Å². The molecule has 1 N–H and O–H groups in total. The molecule has 1 aromatic rings. The summed E-state index contributed by atoms with van der Waals surface area (Å²) in [6.07, 6.45) is 1.14. The monoisotopic (exact) mass is 444 g/mol. The lowest BCUT2D eigenvalue weighted by Crippen LogP contribution is -2.38. The molecule has 1 aliphatic heterocycles. The van der Waals surface area contributed by atoms with Crippen molar-refractivity contribution in [1.82, 2.24) is 0 Å². The highest BCUT2D eigenvalue weighted by atomic mass is 127. The van der Waals surface area contributed by atoms with E-state index in [0.29, 0.717) is 24.5 Å². The number of phenolic OH excluding ortho intramolecular Hbond substituents is 1. The minimum atomic E-state index is -0.322. The summed E-state index contributed by atoms with van der Waals surface area (Å²) >= 11 is 2.13. The summed E-state index contributed by atoms with van der Waals surface area (Å²) in [6.45, 7) is 4.10. The number of benzene rings is 1.